The van der Waals surface area contributed by atoms with E-state index in [0.29, 0.717) is 28.8 Å². The van der Waals surface area contributed by atoms with Gasteiger partial charge in [0.05, 0.1) is 7.11 Å². The van der Waals surface area contributed by atoms with Crippen molar-refractivity contribution < 1.29 is 19.1 Å². The molecule has 0 bridgehead atoms. The second-order valence-corrected chi connectivity index (χ2v) is 6.29. The van der Waals surface area contributed by atoms with Crippen LogP contribution in [0.1, 0.15) is 31.1 Å². The van der Waals surface area contributed by atoms with Crippen molar-refractivity contribution in [1.29, 1.82) is 0 Å². The predicted molar refractivity (Wildman–Crippen MR) is 107 cm³/mol. The standard InChI is InChI=1S/C21H26N2O4/c1-5-23(15(2)3)18-9-7-17(8-10-18)22-21(25)14-27-19-11-6-16(13-24)12-20(19)26-4/h6-13,15H,5,14H2,1-4H3,(H,22,25). The van der Waals surface area contributed by atoms with E-state index in [0.717, 1.165) is 18.5 Å². The van der Waals surface area contributed by atoms with Gasteiger partial charge in [0.1, 0.15) is 6.29 Å². The van der Waals surface area contributed by atoms with Crippen molar-refractivity contribution in [2.75, 3.05) is 30.5 Å². The minimum Gasteiger partial charge on any atom is -0.493 e. The van der Waals surface area contributed by atoms with Crippen molar-refractivity contribution in [3.8, 4) is 11.5 Å². The molecule has 0 fully saturated rings. The number of nitrogens with zero attached hydrogens (tertiary/aromatic N) is 1. The Morgan fingerprint density at radius 2 is 1.85 bits per heavy atom. The molecule has 0 aliphatic heterocycles. The average Bonchev–Trinajstić information content (AvgIpc) is 2.67. The first-order valence-electron chi connectivity index (χ1n) is 8.91. The summed E-state index contributed by atoms with van der Waals surface area (Å²) in [5.74, 6) is 0.537. The molecule has 0 heterocycles. The molecule has 6 heteroatoms. The van der Waals surface area contributed by atoms with E-state index < -0.39 is 0 Å². The minimum absolute atomic E-state index is 0.161. The van der Waals surface area contributed by atoms with E-state index in [-0.39, 0.29) is 12.5 Å². The third-order valence-corrected chi connectivity index (χ3v) is 4.13. The van der Waals surface area contributed by atoms with Crippen molar-refractivity contribution in [2.45, 2.75) is 26.8 Å². The maximum absolute atomic E-state index is 12.1. The quantitative estimate of drug-likeness (QED) is 0.681. The van der Waals surface area contributed by atoms with E-state index in [1.165, 1.54) is 7.11 Å². The van der Waals surface area contributed by atoms with Crippen molar-refractivity contribution in [1.82, 2.24) is 0 Å². The number of carbonyl (C=O) groups is 2. The highest BCUT2D eigenvalue weighted by atomic mass is 16.5. The second kappa shape index (κ2) is 9.62. The minimum atomic E-state index is -0.277. The molecular weight excluding hydrogens is 344 g/mol. The summed E-state index contributed by atoms with van der Waals surface area (Å²) in [5.41, 5.74) is 2.29. The summed E-state index contributed by atoms with van der Waals surface area (Å²) in [7, 11) is 1.48. The Bertz CT molecular complexity index is 772. The Kier molecular flexibility index (Phi) is 7.23. The molecule has 0 spiro atoms. The number of anilines is 2. The van der Waals surface area contributed by atoms with E-state index in [4.69, 9.17) is 9.47 Å². The molecule has 1 amide bonds. The first kappa shape index (κ1) is 20.3. The fourth-order valence-corrected chi connectivity index (χ4v) is 2.80. The normalized spacial score (nSPS) is 10.4. The van der Waals surface area contributed by atoms with Crippen LogP contribution in [0, 0.1) is 0 Å². The molecule has 144 valence electrons. The third kappa shape index (κ3) is 5.48. The monoisotopic (exact) mass is 370 g/mol. The first-order valence-corrected chi connectivity index (χ1v) is 8.91. The molecule has 0 aliphatic rings. The van der Waals surface area contributed by atoms with Crippen LogP contribution in [0.25, 0.3) is 0 Å². The average molecular weight is 370 g/mol. The molecule has 2 aromatic rings. The van der Waals surface area contributed by atoms with Crippen LogP contribution >= 0.6 is 0 Å². The first-order chi connectivity index (χ1) is 13.0. The van der Waals surface area contributed by atoms with Gasteiger partial charge in [0, 0.05) is 29.5 Å². The summed E-state index contributed by atoms with van der Waals surface area (Å²) in [6.07, 6.45) is 0.724. The molecule has 1 N–H and O–H groups in total. The van der Waals surface area contributed by atoms with Crippen LogP contribution in [-0.2, 0) is 4.79 Å². The van der Waals surface area contributed by atoms with E-state index >= 15 is 0 Å². The predicted octanol–water partition coefficient (Wildman–Crippen LogP) is 3.76. The van der Waals surface area contributed by atoms with Crippen LogP contribution in [0.5, 0.6) is 11.5 Å². The van der Waals surface area contributed by atoms with Crippen LogP contribution in [0.2, 0.25) is 0 Å². The fraction of sp³-hybridized carbons (Fsp3) is 0.333. The van der Waals surface area contributed by atoms with Gasteiger partial charge in [-0.2, -0.15) is 0 Å². The zero-order valence-corrected chi connectivity index (χ0v) is 16.2. The molecule has 6 nitrogen and oxygen atoms in total. The van der Waals surface area contributed by atoms with Gasteiger partial charge < -0.3 is 19.7 Å². The number of carbonyl (C=O) groups excluding carboxylic acids is 2. The SMILES string of the molecule is CCN(c1ccc(NC(=O)COc2ccc(C=O)cc2OC)cc1)C(C)C. The van der Waals surface area contributed by atoms with Gasteiger partial charge in [0.25, 0.3) is 5.91 Å². The molecule has 0 radical (unpaired) electrons. The lowest BCUT2D eigenvalue weighted by molar-refractivity contribution is -0.118. The molecule has 0 aliphatic carbocycles. The van der Waals surface area contributed by atoms with Crippen LogP contribution < -0.4 is 19.7 Å². The van der Waals surface area contributed by atoms with Gasteiger partial charge in [0.2, 0.25) is 0 Å². The number of nitrogens with one attached hydrogen (secondary N) is 1. The third-order valence-electron chi connectivity index (χ3n) is 4.13. The van der Waals surface area contributed by atoms with E-state index in [1.54, 1.807) is 18.2 Å². The number of hydrogen-bond acceptors (Lipinski definition) is 5. The molecule has 0 aromatic heterocycles. The van der Waals surface area contributed by atoms with Crippen molar-refractivity contribution in [2.24, 2.45) is 0 Å². The van der Waals surface area contributed by atoms with Gasteiger partial charge in [0.15, 0.2) is 18.1 Å². The summed E-state index contributed by atoms with van der Waals surface area (Å²) in [6, 6.07) is 12.9. The van der Waals surface area contributed by atoms with E-state index in [1.807, 2.05) is 24.3 Å². The van der Waals surface area contributed by atoms with Gasteiger partial charge in [-0.15, -0.1) is 0 Å². The Morgan fingerprint density at radius 3 is 2.41 bits per heavy atom. The second-order valence-electron chi connectivity index (χ2n) is 6.29. The number of hydrogen-bond donors (Lipinski definition) is 1. The Hall–Kier alpha value is -3.02. The van der Waals surface area contributed by atoms with Crippen molar-refractivity contribution >= 4 is 23.6 Å². The van der Waals surface area contributed by atoms with Gasteiger partial charge >= 0.3 is 0 Å². The molecule has 2 aromatic carbocycles. The topological polar surface area (TPSA) is 67.9 Å². The zero-order valence-electron chi connectivity index (χ0n) is 16.2. The lowest BCUT2D eigenvalue weighted by Crippen LogP contribution is -2.30. The zero-order chi connectivity index (χ0) is 19.8. The number of amides is 1. The fourth-order valence-electron chi connectivity index (χ4n) is 2.80. The number of ether oxygens (including phenoxy) is 2. The highest BCUT2D eigenvalue weighted by Crippen LogP contribution is 2.27. The Labute approximate surface area is 160 Å². The maximum atomic E-state index is 12.1. The lowest BCUT2D eigenvalue weighted by Gasteiger charge is -2.27. The van der Waals surface area contributed by atoms with Crippen molar-refractivity contribution in [3.05, 3.63) is 48.0 Å². The molecule has 0 unspecified atom stereocenters. The largest absolute Gasteiger partial charge is 0.493 e. The van der Waals surface area contributed by atoms with Crippen LogP contribution in [0.15, 0.2) is 42.5 Å². The maximum Gasteiger partial charge on any atom is 0.262 e. The molecule has 2 rings (SSSR count). The van der Waals surface area contributed by atoms with Crippen LogP contribution in [-0.4, -0.2) is 38.5 Å². The molecule has 0 saturated carbocycles. The summed E-state index contributed by atoms with van der Waals surface area (Å²) >= 11 is 0. The highest BCUT2D eigenvalue weighted by Gasteiger charge is 2.11. The number of aldehydes is 1. The van der Waals surface area contributed by atoms with Gasteiger partial charge in [-0.05, 0) is 63.2 Å². The van der Waals surface area contributed by atoms with Crippen molar-refractivity contribution in [3.63, 3.8) is 0 Å². The summed E-state index contributed by atoms with van der Waals surface area (Å²) < 4.78 is 10.7. The summed E-state index contributed by atoms with van der Waals surface area (Å²) in [5, 5.41) is 2.81. The lowest BCUT2D eigenvalue weighted by atomic mass is 10.2. The smallest absolute Gasteiger partial charge is 0.262 e. The summed E-state index contributed by atoms with van der Waals surface area (Å²) in [6.45, 7) is 7.16. The Morgan fingerprint density at radius 1 is 1.15 bits per heavy atom. The molecular formula is C21H26N2O4. The summed E-state index contributed by atoms with van der Waals surface area (Å²) in [4.78, 5) is 25.2. The number of benzene rings is 2. The molecule has 27 heavy (non-hydrogen) atoms. The Balaban J connectivity index is 1.95. The van der Waals surface area contributed by atoms with Gasteiger partial charge in [-0.25, -0.2) is 0 Å². The highest BCUT2D eigenvalue weighted by molar-refractivity contribution is 5.92. The van der Waals surface area contributed by atoms with E-state index in [9.17, 15) is 9.59 Å². The van der Waals surface area contributed by atoms with E-state index in [2.05, 4.69) is 31.0 Å². The molecule has 0 saturated heterocycles. The molecule has 0 atom stereocenters. The number of rotatable bonds is 9. The van der Waals surface area contributed by atoms with Gasteiger partial charge in [-0.3, -0.25) is 9.59 Å². The van der Waals surface area contributed by atoms with Crippen LogP contribution in [0.3, 0.4) is 0 Å². The number of methoxy groups -OCH3 is 1. The van der Waals surface area contributed by atoms with Crippen LogP contribution in [0.4, 0.5) is 11.4 Å². The van der Waals surface area contributed by atoms with Gasteiger partial charge in [-0.1, -0.05) is 0 Å².